The van der Waals surface area contributed by atoms with Crippen molar-refractivity contribution in [3.05, 3.63) is 45.8 Å². The minimum atomic E-state index is -0.528. The SMILES string of the molecule is CC(C)(C)c1ccc(OCSCc2n[nH]c(=O)o2)c(C(C)(C)C)c1. The largest absolute Gasteiger partial charge is 0.483 e. The Bertz CT molecular complexity index is 736. The normalized spacial score (nSPS) is 12.4. The minimum absolute atomic E-state index is 0.00372. The first-order valence-electron chi connectivity index (χ1n) is 7.97. The molecular weight excluding hydrogens is 324 g/mol. The molecular formula is C18H26N2O3S. The molecule has 5 nitrogen and oxygen atoms in total. The van der Waals surface area contributed by atoms with Crippen LogP contribution in [-0.4, -0.2) is 16.1 Å². The van der Waals surface area contributed by atoms with Gasteiger partial charge in [0.2, 0.25) is 5.89 Å². The average Bonchev–Trinajstić information content (AvgIpc) is 2.87. The Hall–Kier alpha value is -1.69. The summed E-state index contributed by atoms with van der Waals surface area (Å²) >= 11 is 1.51. The van der Waals surface area contributed by atoms with Gasteiger partial charge in [-0.05, 0) is 28.0 Å². The molecule has 0 saturated heterocycles. The summed E-state index contributed by atoms with van der Waals surface area (Å²) in [5, 5.41) is 6.03. The molecule has 0 saturated carbocycles. The number of benzene rings is 1. The molecule has 1 heterocycles. The quantitative estimate of drug-likeness (QED) is 0.646. The Labute approximate surface area is 147 Å². The van der Waals surface area contributed by atoms with E-state index in [-0.39, 0.29) is 10.8 Å². The van der Waals surface area contributed by atoms with E-state index < -0.39 is 5.76 Å². The van der Waals surface area contributed by atoms with Gasteiger partial charge in [0.05, 0.1) is 5.75 Å². The first-order chi connectivity index (χ1) is 11.1. The summed E-state index contributed by atoms with van der Waals surface area (Å²) in [4.78, 5) is 10.9. The van der Waals surface area contributed by atoms with Gasteiger partial charge in [-0.25, -0.2) is 9.89 Å². The Balaban J connectivity index is 2.07. The standard InChI is InChI=1S/C18H26N2O3S/c1-17(2,3)12-7-8-14(13(9-12)18(4,5)6)22-11-24-10-15-19-20-16(21)23-15/h7-9H,10-11H2,1-6H3,(H,20,21). The number of H-pyrrole nitrogens is 1. The van der Waals surface area contributed by atoms with E-state index in [1.54, 1.807) is 0 Å². The Kier molecular flexibility index (Phi) is 5.48. The van der Waals surface area contributed by atoms with Crippen molar-refractivity contribution in [2.75, 3.05) is 5.94 Å². The van der Waals surface area contributed by atoms with Crippen LogP contribution in [0.4, 0.5) is 0 Å². The van der Waals surface area contributed by atoms with E-state index in [0.29, 0.717) is 17.6 Å². The highest BCUT2D eigenvalue weighted by atomic mass is 32.2. The van der Waals surface area contributed by atoms with Crippen molar-refractivity contribution in [1.82, 2.24) is 10.2 Å². The smallest absolute Gasteiger partial charge is 0.434 e. The van der Waals surface area contributed by atoms with Gasteiger partial charge in [0, 0.05) is 0 Å². The zero-order valence-corrected chi connectivity index (χ0v) is 16.0. The summed E-state index contributed by atoms with van der Waals surface area (Å²) in [5.74, 6) is 1.71. The summed E-state index contributed by atoms with van der Waals surface area (Å²) in [6.07, 6.45) is 0. The van der Waals surface area contributed by atoms with Gasteiger partial charge in [-0.15, -0.1) is 16.9 Å². The van der Waals surface area contributed by atoms with Crippen molar-refractivity contribution in [3.8, 4) is 5.75 Å². The van der Waals surface area contributed by atoms with Gasteiger partial charge in [0.25, 0.3) is 0 Å². The van der Waals surface area contributed by atoms with Crippen molar-refractivity contribution < 1.29 is 9.15 Å². The molecule has 0 aliphatic carbocycles. The van der Waals surface area contributed by atoms with Gasteiger partial charge < -0.3 is 9.15 Å². The van der Waals surface area contributed by atoms with Gasteiger partial charge in [0.15, 0.2) is 0 Å². The number of thioether (sulfide) groups is 1. The Morgan fingerprint density at radius 2 is 1.88 bits per heavy atom. The predicted octanol–water partition coefficient (Wildman–Crippen LogP) is 4.23. The number of ether oxygens (including phenoxy) is 1. The Morgan fingerprint density at radius 1 is 1.17 bits per heavy atom. The molecule has 0 fully saturated rings. The van der Waals surface area contributed by atoms with Crippen LogP contribution in [0.15, 0.2) is 27.4 Å². The van der Waals surface area contributed by atoms with Crippen LogP contribution >= 0.6 is 11.8 Å². The number of aromatic nitrogens is 2. The lowest BCUT2D eigenvalue weighted by atomic mass is 9.80. The van der Waals surface area contributed by atoms with Crippen LogP contribution in [0.3, 0.4) is 0 Å². The molecule has 132 valence electrons. The molecule has 0 unspecified atom stereocenters. The second-order valence-corrected chi connectivity index (χ2v) is 8.76. The van der Waals surface area contributed by atoms with Crippen molar-refractivity contribution in [2.45, 2.75) is 58.1 Å². The molecule has 0 atom stereocenters. The molecule has 24 heavy (non-hydrogen) atoms. The van der Waals surface area contributed by atoms with E-state index in [9.17, 15) is 4.79 Å². The van der Waals surface area contributed by atoms with Gasteiger partial charge in [-0.2, -0.15) is 0 Å². The molecule has 0 aliphatic rings. The fourth-order valence-corrected chi connectivity index (χ4v) is 2.86. The molecule has 1 aromatic carbocycles. The van der Waals surface area contributed by atoms with E-state index in [1.807, 2.05) is 0 Å². The monoisotopic (exact) mass is 350 g/mol. The third-order valence-electron chi connectivity index (χ3n) is 3.66. The highest BCUT2D eigenvalue weighted by Crippen LogP contribution is 2.35. The van der Waals surface area contributed by atoms with Crippen molar-refractivity contribution in [1.29, 1.82) is 0 Å². The van der Waals surface area contributed by atoms with Crippen molar-refractivity contribution >= 4 is 11.8 Å². The van der Waals surface area contributed by atoms with Crippen LogP contribution in [0.2, 0.25) is 0 Å². The second-order valence-electron chi connectivity index (χ2n) is 7.83. The lowest BCUT2D eigenvalue weighted by molar-refractivity contribution is 0.376. The molecule has 1 aromatic heterocycles. The number of aromatic amines is 1. The van der Waals surface area contributed by atoms with Gasteiger partial charge >= 0.3 is 5.76 Å². The fourth-order valence-electron chi connectivity index (χ4n) is 2.26. The van der Waals surface area contributed by atoms with E-state index in [2.05, 4.69) is 69.9 Å². The highest BCUT2D eigenvalue weighted by Gasteiger charge is 2.23. The van der Waals surface area contributed by atoms with E-state index in [0.717, 1.165) is 5.75 Å². The fraction of sp³-hybridized carbons (Fsp3) is 0.556. The van der Waals surface area contributed by atoms with Crippen molar-refractivity contribution in [2.24, 2.45) is 0 Å². The lowest BCUT2D eigenvalue weighted by Crippen LogP contribution is -2.17. The van der Waals surface area contributed by atoms with E-state index >= 15 is 0 Å². The van der Waals surface area contributed by atoms with E-state index in [4.69, 9.17) is 9.15 Å². The molecule has 0 amide bonds. The van der Waals surface area contributed by atoms with Gasteiger partial charge in [-0.3, -0.25) is 0 Å². The molecule has 2 rings (SSSR count). The molecule has 0 bridgehead atoms. The van der Waals surface area contributed by atoms with Gasteiger partial charge in [-0.1, -0.05) is 53.7 Å². The van der Waals surface area contributed by atoms with Crippen LogP contribution in [0, 0.1) is 0 Å². The molecule has 1 N–H and O–H groups in total. The van der Waals surface area contributed by atoms with Crippen LogP contribution in [-0.2, 0) is 16.6 Å². The summed E-state index contributed by atoms with van der Waals surface area (Å²) in [6.45, 7) is 13.2. The second kappa shape index (κ2) is 7.05. The van der Waals surface area contributed by atoms with Gasteiger partial charge in [0.1, 0.15) is 11.7 Å². The molecule has 0 aliphatic heterocycles. The maximum atomic E-state index is 10.9. The maximum absolute atomic E-state index is 10.9. The van der Waals surface area contributed by atoms with Crippen LogP contribution < -0.4 is 10.5 Å². The number of nitrogens with one attached hydrogen (secondary N) is 1. The Morgan fingerprint density at radius 3 is 2.42 bits per heavy atom. The molecule has 0 radical (unpaired) electrons. The zero-order chi connectivity index (χ0) is 18.0. The van der Waals surface area contributed by atoms with Crippen LogP contribution in [0.25, 0.3) is 0 Å². The molecule has 0 spiro atoms. The molecule has 2 aromatic rings. The average molecular weight is 350 g/mol. The first-order valence-corrected chi connectivity index (χ1v) is 9.13. The number of nitrogens with zero attached hydrogens (tertiary/aromatic N) is 1. The third kappa shape index (κ3) is 4.90. The lowest BCUT2D eigenvalue weighted by Gasteiger charge is -2.27. The summed E-state index contributed by atoms with van der Waals surface area (Å²) in [5.41, 5.74) is 2.59. The van der Waals surface area contributed by atoms with Crippen LogP contribution in [0.5, 0.6) is 5.75 Å². The van der Waals surface area contributed by atoms with Crippen molar-refractivity contribution in [3.63, 3.8) is 0 Å². The third-order valence-corrected chi connectivity index (χ3v) is 4.39. The summed E-state index contributed by atoms with van der Waals surface area (Å²) in [7, 11) is 0. The number of rotatable bonds is 5. The summed E-state index contributed by atoms with van der Waals surface area (Å²) in [6, 6.07) is 6.42. The highest BCUT2D eigenvalue weighted by molar-refractivity contribution is 7.98. The zero-order valence-electron chi connectivity index (χ0n) is 15.2. The first kappa shape index (κ1) is 18.6. The topological polar surface area (TPSA) is 68.1 Å². The van der Waals surface area contributed by atoms with Crippen LogP contribution in [0.1, 0.15) is 58.6 Å². The predicted molar refractivity (Wildman–Crippen MR) is 97.8 cm³/mol. The molecule has 6 heteroatoms. The minimum Gasteiger partial charge on any atom is -0.483 e. The number of hydrogen-bond donors (Lipinski definition) is 1. The van der Waals surface area contributed by atoms with E-state index in [1.165, 1.54) is 22.9 Å². The number of hydrogen-bond acceptors (Lipinski definition) is 5. The summed E-state index contributed by atoms with van der Waals surface area (Å²) < 4.78 is 10.8. The maximum Gasteiger partial charge on any atom is 0.434 e.